The van der Waals surface area contributed by atoms with Crippen LogP contribution in [0.3, 0.4) is 0 Å². The number of primary amides is 1. The Hall–Kier alpha value is -1.11. The zero-order valence-corrected chi connectivity index (χ0v) is 11.5. The first-order valence-electron chi connectivity index (χ1n) is 5.82. The van der Waals surface area contributed by atoms with Gasteiger partial charge in [0, 0.05) is 35.4 Å². The van der Waals surface area contributed by atoms with Gasteiger partial charge in [-0.1, -0.05) is 0 Å². The monoisotopic (exact) mass is 313 g/mol. The van der Waals surface area contributed by atoms with Gasteiger partial charge < -0.3 is 21.1 Å². The second-order valence-electron chi connectivity index (χ2n) is 4.14. The van der Waals surface area contributed by atoms with Crippen molar-refractivity contribution in [2.45, 2.75) is 6.10 Å². The fourth-order valence-electron chi connectivity index (χ4n) is 1.79. The number of amides is 1. The Morgan fingerprint density at radius 2 is 2.44 bits per heavy atom. The summed E-state index contributed by atoms with van der Waals surface area (Å²) in [6, 6.07) is 5.25. The molecule has 1 fully saturated rings. The van der Waals surface area contributed by atoms with Crippen molar-refractivity contribution >= 4 is 27.5 Å². The van der Waals surface area contributed by atoms with Crippen LogP contribution in [-0.2, 0) is 4.74 Å². The van der Waals surface area contributed by atoms with Crippen LogP contribution in [0.15, 0.2) is 22.7 Å². The van der Waals surface area contributed by atoms with E-state index in [1.807, 2.05) is 6.07 Å². The van der Waals surface area contributed by atoms with Gasteiger partial charge in [-0.3, -0.25) is 4.79 Å². The molecule has 0 spiro atoms. The number of carbonyl (C=O) groups is 1. The van der Waals surface area contributed by atoms with Gasteiger partial charge in [-0.25, -0.2) is 0 Å². The normalized spacial score (nSPS) is 19.5. The highest BCUT2D eigenvalue weighted by atomic mass is 79.9. The van der Waals surface area contributed by atoms with E-state index in [4.69, 9.17) is 10.5 Å². The third-order valence-corrected chi connectivity index (χ3v) is 3.43. The average Bonchev–Trinajstić information content (AvgIpc) is 2.38. The molecule has 1 aromatic carbocycles. The summed E-state index contributed by atoms with van der Waals surface area (Å²) >= 11 is 3.41. The summed E-state index contributed by atoms with van der Waals surface area (Å²) in [5.41, 5.74) is 6.63. The summed E-state index contributed by atoms with van der Waals surface area (Å²) in [6.45, 7) is 3.23. The van der Waals surface area contributed by atoms with Gasteiger partial charge in [0.15, 0.2) is 0 Å². The molecule has 98 valence electrons. The second-order valence-corrected chi connectivity index (χ2v) is 4.99. The van der Waals surface area contributed by atoms with E-state index in [1.165, 1.54) is 0 Å². The molecule has 1 unspecified atom stereocenters. The first-order valence-corrected chi connectivity index (χ1v) is 6.61. The minimum atomic E-state index is -0.429. The van der Waals surface area contributed by atoms with Crippen molar-refractivity contribution in [1.29, 1.82) is 0 Å². The summed E-state index contributed by atoms with van der Waals surface area (Å²) in [6.07, 6.45) is 0.168. The molecule has 0 saturated carbocycles. The number of carbonyl (C=O) groups excluding carboxylic acids is 1. The Kier molecular flexibility index (Phi) is 4.57. The summed E-state index contributed by atoms with van der Waals surface area (Å²) in [4.78, 5) is 11.0. The molecule has 18 heavy (non-hydrogen) atoms. The van der Waals surface area contributed by atoms with Crippen LogP contribution in [0.25, 0.3) is 0 Å². The maximum atomic E-state index is 11.0. The van der Waals surface area contributed by atoms with Gasteiger partial charge in [0.25, 0.3) is 0 Å². The number of morpholine rings is 1. The molecule has 1 aliphatic rings. The predicted octanol–water partition coefficient (Wildman–Crippen LogP) is 0.948. The molecule has 2 rings (SSSR count). The van der Waals surface area contributed by atoms with Crippen LogP contribution in [0.4, 0.5) is 5.69 Å². The van der Waals surface area contributed by atoms with Crippen LogP contribution in [0, 0.1) is 0 Å². The maximum Gasteiger partial charge on any atom is 0.248 e. The molecule has 0 aromatic heterocycles. The lowest BCUT2D eigenvalue weighted by Crippen LogP contribution is -2.42. The van der Waals surface area contributed by atoms with Crippen molar-refractivity contribution in [2.75, 3.05) is 31.6 Å². The lowest BCUT2D eigenvalue weighted by Gasteiger charge is -2.24. The number of halogens is 1. The minimum Gasteiger partial charge on any atom is -0.381 e. The number of nitrogens with one attached hydrogen (secondary N) is 2. The van der Waals surface area contributed by atoms with Gasteiger partial charge in [0.1, 0.15) is 0 Å². The van der Waals surface area contributed by atoms with Crippen LogP contribution in [0.5, 0.6) is 0 Å². The Labute approximate surface area is 114 Å². The van der Waals surface area contributed by atoms with Gasteiger partial charge in [0.05, 0.1) is 12.7 Å². The van der Waals surface area contributed by atoms with E-state index < -0.39 is 5.91 Å². The molecular formula is C12H16BrN3O2. The number of benzene rings is 1. The number of nitrogens with two attached hydrogens (primary N) is 1. The van der Waals surface area contributed by atoms with Crippen LogP contribution in [-0.4, -0.2) is 38.3 Å². The molecule has 4 N–H and O–H groups in total. The molecule has 6 heteroatoms. The summed E-state index contributed by atoms with van der Waals surface area (Å²) in [5.74, 6) is -0.429. The van der Waals surface area contributed by atoms with Crippen molar-refractivity contribution in [1.82, 2.24) is 5.32 Å². The largest absolute Gasteiger partial charge is 0.381 e. The Morgan fingerprint density at radius 1 is 1.61 bits per heavy atom. The van der Waals surface area contributed by atoms with Crippen LogP contribution in [0.1, 0.15) is 10.4 Å². The minimum absolute atomic E-state index is 0.168. The first-order chi connectivity index (χ1) is 8.66. The van der Waals surface area contributed by atoms with Crippen LogP contribution in [0.2, 0.25) is 0 Å². The third-order valence-electron chi connectivity index (χ3n) is 2.78. The Balaban J connectivity index is 1.94. The zero-order valence-electron chi connectivity index (χ0n) is 9.91. The number of hydrogen-bond donors (Lipinski definition) is 3. The highest BCUT2D eigenvalue weighted by Gasteiger charge is 2.13. The van der Waals surface area contributed by atoms with E-state index in [9.17, 15) is 4.79 Å². The highest BCUT2D eigenvalue weighted by Crippen LogP contribution is 2.23. The predicted molar refractivity (Wildman–Crippen MR) is 73.8 cm³/mol. The standard InChI is InChI=1S/C12H16BrN3O2/c13-10-5-8(12(14)17)1-2-11(10)16-7-9-6-15-3-4-18-9/h1-2,5,9,15-16H,3-4,6-7H2,(H2,14,17). The lowest BCUT2D eigenvalue weighted by atomic mass is 10.2. The molecule has 1 aliphatic heterocycles. The molecule has 1 atom stereocenters. The van der Waals surface area contributed by atoms with Crippen molar-refractivity contribution < 1.29 is 9.53 Å². The first kappa shape index (κ1) is 13.3. The van der Waals surface area contributed by atoms with Crippen molar-refractivity contribution in [2.24, 2.45) is 5.73 Å². The highest BCUT2D eigenvalue weighted by molar-refractivity contribution is 9.10. The maximum absolute atomic E-state index is 11.0. The summed E-state index contributed by atoms with van der Waals surface area (Å²) in [7, 11) is 0. The molecule has 1 saturated heterocycles. The number of ether oxygens (including phenoxy) is 1. The SMILES string of the molecule is NC(=O)c1ccc(NCC2CNCCO2)c(Br)c1. The fourth-order valence-corrected chi connectivity index (χ4v) is 2.31. The van der Waals surface area contributed by atoms with Crippen molar-refractivity contribution in [3.05, 3.63) is 28.2 Å². The van der Waals surface area contributed by atoms with Gasteiger partial charge in [-0.2, -0.15) is 0 Å². The van der Waals surface area contributed by atoms with E-state index in [2.05, 4.69) is 26.6 Å². The molecule has 0 bridgehead atoms. The smallest absolute Gasteiger partial charge is 0.248 e. The molecule has 1 amide bonds. The molecule has 0 radical (unpaired) electrons. The number of anilines is 1. The molecule has 0 aliphatic carbocycles. The lowest BCUT2D eigenvalue weighted by molar-refractivity contribution is 0.0372. The summed E-state index contributed by atoms with van der Waals surface area (Å²) < 4.78 is 6.41. The van der Waals surface area contributed by atoms with Crippen molar-refractivity contribution in [3.8, 4) is 0 Å². The average molecular weight is 314 g/mol. The second kappa shape index (κ2) is 6.17. The fraction of sp³-hybridized carbons (Fsp3) is 0.417. The molecule has 1 aromatic rings. The van der Waals surface area contributed by atoms with Gasteiger partial charge in [0.2, 0.25) is 5.91 Å². The van der Waals surface area contributed by atoms with E-state index in [1.54, 1.807) is 12.1 Å². The van der Waals surface area contributed by atoms with E-state index in [-0.39, 0.29) is 6.10 Å². The Morgan fingerprint density at radius 3 is 3.06 bits per heavy atom. The quantitative estimate of drug-likeness (QED) is 0.773. The van der Waals surface area contributed by atoms with Gasteiger partial charge in [-0.05, 0) is 34.1 Å². The van der Waals surface area contributed by atoms with E-state index in [0.29, 0.717) is 5.56 Å². The number of rotatable bonds is 4. The van der Waals surface area contributed by atoms with Gasteiger partial charge >= 0.3 is 0 Å². The molecule has 5 nitrogen and oxygen atoms in total. The van der Waals surface area contributed by atoms with Crippen molar-refractivity contribution in [3.63, 3.8) is 0 Å². The Bertz CT molecular complexity index is 433. The summed E-state index contributed by atoms with van der Waals surface area (Å²) in [5, 5.41) is 6.56. The van der Waals surface area contributed by atoms with Crippen LogP contribution >= 0.6 is 15.9 Å². The zero-order chi connectivity index (χ0) is 13.0. The van der Waals surface area contributed by atoms with Gasteiger partial charge in [-0.15, -0.1) is 0 Å². The number of hydrogen-bond acceptors (Lipinski definition) is 4. The third kappa shape index (κ3) is 3.44. The van der Waals surface area contributed by atoms with E-state index >= 15 is 0 Å². The molecule has 1 heterocycles. The van der Waals surface area contributed by atoms with E-state index in [0.717, 1.165) is 36.4 Å². The topological polar surface area (TPSA) is 76.4 Å². The molecular weight excluding hydrogens is 298 g/mol. The van der Waals surface area contributed by atoms with Crippen LogP contribution < -0.4 is 16.4 Å².